The molecule has 0 saturated carbocycles. The van der Waals surface area contributed by atoms with Crippen molar-refractivity contribution in [2.24, 2.45) is 0 Å². The maximum absolute atomic E-state index is 12.8. The summed E-state index contributed by atoms with van der Waals surface area (Å²) in [6.45, 7) is 1.15. The van der Waals surface area contributed by atoms with Crippen molar-refractivity contribution in [2.45, 2.75) is 32.0 Å². The number of anilines is 1. The summed E-state index contributed by atoms with van der Waals surface area (Å²) < 4.78 is 1.70. The number of aromatic hydroxyl groups is 1. The molecule has 0 saturated heterocycles. The average Bonchev–Trinajstić information content (AvgIpc) is 3.35. The first-order chi connectivity index (χ1) is 22.3. The number of nitrogens with one attached hydrogen (secondary N) is 4. The van der Waals surface area contributed by atoms with Gasteiger partial charge in [-0.3, -0.25) is 24.1 Å². The zero-order valence-electron chi connectivity index (χ0n) is 25.6. The van der Waals surface area contributed by atoms with Gasteiger partial charge in [-0.05, 0) is 65.4 Å². The number of hydrogen-bond acceptors (Lipinski definition) is 6. The number of carboxylic acid groups (broad SMARTS) is 1. The van der Waals surface area contributed by atoms with E-state index in [0.29, 0.717) is 48.1 Å². The summed E-state index contributed by atoms with van der Waals surface area (Å²) in [4.78, 5) is 41.5. The molecule has 2 aromatic heterocycles. The number of H-pyrrole nitrogens is 2. The van der Waals surface area contributed by atoms with Crippen LogP contribution in [0.5, 0.6) is 5.75 Å². The molecule has 0 aliphatic rings. The molecule has 0 unspecified atom stereocenters. The van der Waals surface area contributed by atoms with Crippen molar-refractivity contribution in [3.8, 4) is 16.9 Å². The van der Waals surface area contributed by atoms with Crippen LogP contribution >= 0.6 is 0 Å². The fourth-order valence-corrected chi connectivity index (χ4v) is 5.83. The first-order valence-electron chi connectivity index (χ1n) is 14.9. The molecule has 6 aromatic rings. The molecule has 1 amide bonds. The maximum atomic E-state index is 12.8. The van der Waals surface area contributed by atoms with Gasteiger partial charge in [0, 0.05) is 36.7 Å². The minimum Gasteiger partial charge on any atom is -0.506 e. The van der Waals surface area contributed by atoms with Gasteiger partial charge in [-0.15, -0.1) is 0 Å². The molecule has 48 heavy (non-hydrogen) atoms. The van der Waals surface area contributed by atoms with Gasteiger partial charge in [0.1, 0.15) is 5.75 Å². The molecule has 250 valence electrons. The molecule has 0 bridgehead atoms. The number of imidazole rings is 1. The standard InChI is InChI=1S/C35H33N5O6.2FH/c41-30-14-11-25(26-12-15-32(43)39-33(26)30)31(42)20-36-19-22-9-13-29-28(18-22)37-34(44)40(29)16-4-5-21-8-10-24(23-6-2-1-3-7-23)27(17-21)38-35(45)46;;/h1-3,6-15,17-18,31,36,38,41-42H,4-5,16,19-20H2,(H,37,44)(H,39,43)(H,45,46);2*1H/t31-;;/m1../s1. The highest BCUT2D eigenvalue weighted by molar-refractivity contribution is 5.91. The highest BCUT2D eigenvalue weighted by atomic mass is 19.0. The lowest BCUT2D eigenvalue weighted by Gasteiger charge is -2.15. The number of amides is 1. The first kappa shape index (κ1) is 35.1. The van der Waals surface area contributed by atoms with Crippen molar-refractivity contribution in [1.82, 2.24) is 19.9 Å². The third-order valence-electron chi connectivity index (χ3n) is 8.03. The van der Waals surface area contributed by atoms with Gasteiger partial charge in [0.25, 0.3) is 0 Å². The average molecular weight is 660 g/mol. The second kappa shape index (κ2) is 15.2. The molecule has 0 fully saturated rings. The van der Waals surface area contributed by atoms with Gasteiger partial charge in [0.2, 0.25) is 5.56 Å². The third kappa shape index (κ3) is 7.60. The van der Waals surface area contributed by atoms with Crippen LogP contribution in [0.4, 0.5) is 19.9 Å². The Balaban J connectivity index is 0.00000260. The lowest BCUT2D eigenvalue weighted by atomic mass is 9.99. The molecule has 0 aliphatic heterocycles. The zero-order chi connectivity index (χ0) is 32.2. The molecule has 11 nitrogen and oxygen atoms in total. The number of carbonyl (C=O) groups is 1. The van der Waals surface area contributed by atoms with Gasteiger partial charge < -0.3 is 30.6 Å². The predicted octanol–water partition coefficient (Wildman–Crippen LogP) is 5.39. The summed E-state index contributed by atoms with van der Waals surface area (Å²) in [5, 5.41) is 36.6. The van der Waals surface area contributed by atoms with Crippen LogP contribution in [0.25, 0.3) is 33.1 Å². The lowest BCUT2D eigenvalue weighted by molar-refractivity contribution is 0.176. The number of aromatic amines is 2. The molecular formula is C35H35F2N5O6. The van der Waals surface area contributed by atoms with Crippen LogP contribution in [0.3, 0.4) is 0 Å². The van der Waals surface area contributed by atoms with Crippen molar-refractivity contribution in [3.05, 3.63) is 129 Å². The number of aliphatic hydroxyl groups is 1. The summed E-state index contributed by atoms with van der Waals surface area (Å²) >= 11 is 0. The molecule has 0 aliphatic carbocycles. The number of hydrogen-bond donors (Lipinski definition) is 7. The molecular weight excluding hydrogens is 624 g/mol. The number of fused-ring (bicyclic) bond motifs is 2. The highest BCUT2D eigenvalue weighted by Gasteiger charge is 2.15. The monoisotopic (exact) mass is 659 g/mol. The van der Waals surface area contributed by atoms with E-state index in [9.17, 15) is 29.7 Å². The van der Waals surface area contributed by atoms with Crippen molar-refractivity contribution in [1.29, 1.82) is 0 Å². The summed E-state index contributed by atoms with van der Waals surface area (Å²) in [7, 11) is 0. The summed E-state index contributed by atoms with van der Waals surface area (Å²) in [6, 6.07) is 27.1. The Labute approximate surface area is 272 Å². The second-order valence-corrected chi connectivity index (χ2v) is 11.1. The van der Waals surface area contributed by atoms with Crippen molar-refractivity contribution >= 4 is 33.7 Å². The fourth-order valence-electron chi connectivity index (χ4n) is 5.83. The largest absolute Gasteiger partial charge is 0.506 e. The van der Waals surface area contributed by atoms with Crippen LogP contribution in [0.2, 0.25) is 0 Å². The van der Waals surface area contributed by atoms with E-state index in [-0.39, 0.29) is 38.5 Å². The van der Waals surface area contributed by atoms with E-state index < -0.39 is 12.2 Å². The van der Waals surface area contributed by atoms with Crippen LogP contribution in [-0.4, -0.2) is 42.5 Å². The van der Waals surface area contributed by atoms with E-state index in [1.807, 2.05) is 66.7 Å². The van der Waals surface area contributed by atoms with Crippen molar-refractivity contribution in [3.63, 3.8) is 0 Å². The van der Waals surface area contributed by atoms with E-state index in [2.05, 4.69) is 20.6 Å². The Bertz CT molecular complexity index is 2160. The third-order valence-corrected chi connectivity index (χ3v) is 8.03. The van der Waals surface area contributed by atoms with E-state index in [1.165, 1.54) is 12.1 Å². The first-order valence-corrected chi connectivity index (χ1v) is 14.9. The summed E-state index contributed by atoms with van der Waals surface area (Å²) in [5.74, 6) is -0.0643. The molecule has 13 heteroatoms. The van der Waals surface area contributed by atoms with E-state index in [0.717, 1.165) is 27.8 Å². The molecule has 0 spiro atoms. The lowest BCUT2D eigenvalue weighted by Crippen LogP contribution is -2.21. The maximum Gasteiger partial charge on any atom is 0.409 e. The minimum atomic E-state index is -1.13. The molecule has 4 aromatic carbocycles. The molecule has 2 heterocycles. The number of aromatic nitrogens is 3. The normalized spacial score (nSPS) is 11.5. The van der Waals surface area contributed by atoms with Crippen LogP contribution < -0.4 is 21.9 Å². The van der Waals surface area contributed by atoms with E-state index in [1.54, 1.807) is 16.7 Å². The van der Waals surface area contributed by atoms with Crippen molar-refractivity contribution in [2.75, 3.05) is 11.9 Å². The van der Waals surface area contributed by atoms with Gasteiger partial charge in [0.05, 0.1) is 28.3 Å². The van der Waals surface area contributed by atoms with Crippen LogP contribution in [0, 0.1) is 0 Å². The van der Waals surface area contributed by atoms with Gasteiger partial charge in [0.15, 0.2) is 0 Å². The molecule has 6 rings (SSSR count). The molecule has 1 atom stereocenters. The number of rotatable bonds is 11. The van der Waals surface area contributed by atoms with Gasteiger partial charge in [-0.1, -0.05) is 54.6 Å². The smallest absolute Gasteiger partial charge is 0.409 e. The number of aryl methyl sites for hydroxylation is 2. The number of phenols is 1. The number of halogens is 2. The van der Waals surface area contributed by atoms with Gasteiger partial charge >= 0.3 is 11.8 Å². The van der Waals surface area contributed by atoms with Crippen LogP contribution in [0.1, 0.15) is 29.2 Å². The Morgan fingerprint density at radius 3 is 2.42 bits per heavy atom. The number of nitrogens with zero attached hydrogens (tertiary/aromatic N) is 1. The minimum absolute atomic E-state index is 0. The predicted molar refractivity (Wildman–Crippen MR) is 182 cm³/mol. The quantitative estimate of drug-likeness (QED) is 0.0976. The topological polar surface area (TPSA) is 172 Å². The summed E-state index contributed by atoms with van der Waals surface area (Å²) in [5.41, 5.74) is 5.91. The number of aliphatic hydroxyl groups excluding tert-OH is 1. The van der Waals surface area contributed by atoms with E-state index >= 15 is 0 Å². The Morgan fingerprint density at radius 2 is 1.65 bits per heavy atom. The van der Waals surface area contributed by atoms with Gasteiger partial charge in [-0.2, -0.15) is 0 Å². The summed E-state index contributed by atoms with van der Waals surface area (Å²) in [6.07, 6.45) is -0.691. The zero-order valence-corrected chi connectivity index (χ0v) is 25.6. The SMILES string of the molecule is F.F.O=C(O)Nc1cc(CCCn2c(=O)[nH]c3cc(CNC[C@@H](O)c4ccc(O)c5[nH]c(=O)ccc45)ccc32)ccc1-c1ccccc1. The number of benzene rings is 4. The molecule has 0 radical (unpaired) electrons. The highest BCUT2D eigenvalue weighted by Crippen LogP contribution is 2.30. The second-order valence-electron chi connectivity index (χ2n) is 11.1. The number of phenolic OH excluding ortho intramolecular Hbond substituents is 1. The fraction of sp³-hybridized carbons (Fsp3) is 0.171. The van der Waals surface area contributed by atoms with E-state index in [4.69, 9.17) is 0 Å². The Kier molecular flexibility index (Phi) is 11.1. The Hall–Kier alpha value is -5.79. The van der Waals surface area contributed by atoms with Gasteiger partial charge in [-0.25, -0.2) is 9.59 Å². The Morgan fingerprint density at radius 1 is 0.875 bits per heavy atom. The number of pyridine rings is 1. The van der Waals surface area contributed by atoms with Crippen LogP contribution in [0.15, 0.2) is 101 Å². The van der Waals surface area contributed by atoms with Crippen LogP contribution in [-0.2, 0) is 19.5 Å². The molecule has 7 N–H and O–H groups in total. The van der Waals surface area contributed by atoms with Crippen molar-refractivity contribution < 1.29 is 29.5 Å².